The van der Waals surface area contributed by atoms with Crippen LogP contribution >= 0.6 is 0 Å². The molecular formula is C35H40N6O6. The third-order valence-corrected chi connectivity index (χ3v) is 9.38. The molecule has 1 aromatic carbocycles. The molecule has 7 rings (SSSR count). The number of fused-ring (bicyclic) bond motifs is 4. The molecule has 3 aliphatic rings. The molecular weight excluding hydrogens is 600 g/mol. The summed E-state index contributed by atoms with van der Waals surface area (Å²) in [6.45, 7) is 10.1. The maximum atomic E-state index is 14.3. The third-order valence-electron chi connectivity index (χ3n) is 9.38. The highest BCUT2D eigenvalue weighted by molar-refractivity contribution is 6.00. The van der Waals surface area contributed by atoms with Crippen molar-refractivity contribution in [3.63, 3.8) is 0 Å². The van der Waals surface area contributed by atoms with E-state index in [9.17, 15) is 14.4 Å². The number of piperidine rings is 1. The number of rotatable bonds is 8. The number of hydrogen-bond donors (Lipinski definition) is 1. The van der Waals surface area contributed by atoms with E-state index in [1.165, 1.54) is 12.8 Å². The molecule has 12 heteroatoms. The Morgan fingerprint density at radius 2 is 1.96 bits per heavy atom. The van der Waals surface area contributed by atoms with Gasteiger partial charge in [0.1, 0.15) is 28.6 Å². The Kier molecular flexibility index (Phi) is 7.48. The number of imidazole rings is 1. The Labute approximate surface area is 272 Å². The summed E-state index contributed by atoms with van der Waals surface area (Å²) in [6.07, 6.45) is 4.63. The van der Waals surface area contributed by atoms with Gasteiger partial charge in [-0.1, -0.05) is 6.58 Å². The Morgan fingerprint density at radius 1 is 1.17 bits per heavy atom. The van der Waals surface area contributed by atoms with E-state index in [1.54, 1.807) is 44.9 Å². The van der Waals surface area contributed by atoms with Crippen LogP contribution in [0.15, 0.2) is 49.2 Å². The quantitative estimate of drug-likeness (QED) is 0.214. The predicted molar refractivity (Wildman–Crippen MR) is 175 cm³/mol. The second-order valence-electron chi connectivity index (χ2n) is 13.8. The average Bonchev–Trinajstić information content (AvgIpc) is 3.42. The zero-order valence-corrected chi connectivity index (χ0v) is 27.4. The van der Waals surface area contributed by atoms with Crippen molar-refractivity contribution < 1.29 is 28.6 Å². The highest BCUT2D eigenvalue weighted by Gasteiger charge is 2.56. The van der Waals surface area contributed by atoms with Crippen molar-refractivity contribution in [1.29, 1.82) is 0 Å². The van der Waals surface area contributed by atoms with Gasteiger partial charge in [0.05, 0.1) is 30.4 Å². The lowest BCUT2D eigenvalue weighted by molar-refractivity contribution is -0.145. The number of methoxy groups -OCH3 is 1. The molecule has 4 heterocycles. The minimum atomic E-state index is -0.692. The van der Waals surface area contributed by atoms with Gasteiger partial charge in [-0.3, -0.25) is 4.79 Å². The number of benzene rings is 1. The van der Waals surface area contributed by atoms with Crippen LogP contribution in [0, 0.1) is 11.8 Å². The largest absolute Gasteiger partial charge is 0.494 e. The van der Waals surface area contributed by atoms with E-state index in [1.807, 2.05) is 23.9 Å². The second kappa shape index (κ2) is 11.4. The molecule has 0 spiro atoms. The van der Waals surface area contributed by atoms with Crippen LogP contribution in [0.25, 0.3) is 33.6 Å². The van der Waals surface area contributed by atoms with Crippen molar-refractivity contribution in [1.82, 2.24) is 29.3 Å². The smallest absolute Gasteiger partial charge is 0.407 e. The number of aryl methyl sites for hydroxylation is 1. The topological polar surface area (TPSA) is 130 Å². The van der Waals surface area contributed by atoms with Gasteiger partial charge in [-0.25, -0.2) is 19.6 Å². The lowest BCUT2D eigenvalue weighted by Gasteiger charge is -2.33. The number of pyridine rings is 1. The van der Waals surface area contributed by atoms with Crippen LogP contribution in [0.1, 0.15) is 50.4 Å². The molecule has 2 aliphatic carbocycles. The van der Waals surface area contributed by atoms with E-state index < -0.39 is 35.9 Å². The summed E-state index contributed by atoms with van der Waals surface area (Å²) in [6, 6.07) is 8.58. The molecule has 0 radical (unpaired) electrons. The minimum absolute atomic E-state index is 0.131. The number of carbonyl (C=O) groups is 3. The van der Waals surface area contributed by atoms with Crippen molar-refractivity contribution in [2.75, 3.05) is 13.7 Å². The first-order chi connectivity index (χ1) is 22.5. The predicted octanol–water partition coefficient (Wildman–Crippen LogP) is 4.84. The molecule has 2 saturated carbocycles. The first-order valence-corrected chi connectivity index (χ1v) is 16.1. The fourth-order valence-corrected chi connectivity index (χ4v) is 7.23. The van der Waals surface area contributed by atoms with Gasteiger partial charge >= 0.3 is 12.1 Å². The molecule has 47 heavy (non-hydrogen) atoms. The number of alkyl carbamates (subject to hydrolysis) is 1. The molecule has 4 unspecified atom stereocenters. The Morgan fingerprint density at radius 3 is 2.66 bits per heavy atom. The summed E-state index contributed by atoms with van der Waals surface area (Å²) in [5, 5.41) is 4.00. The van der Waals surface area contributed by atoms with Gasteiger partial charge in [0.2, 0.25) is 0 Å². The summed E-state index contributed by atoms with van der Waals surface area (Å²) < 4.78 is 21.3. The van der Waals surface area contributed by atoms with Gasteiger partial charge in [0, 0.05) is 49.3 Å². The highest BCUT2D eigenvalue weighted by atomic mass is 16.6. The fraction of sp³-hybridized carbons (Fsp3) is 0.457. The van der Waals surface area contributed by atoms with Crippen molar-refractivity contribution >= 4 is 40.0 Å². The highest BCUT2D eigenvalue weighted by Crippen LogP contribution is 2.42. The number of esters is 1. The maximum absolute atomic E-state index is 14.3. The first-order valence-electron chi connectivity index (χ1n) is 16.1. The molecule has 246 valence electrons. The van der Waals surface area contributed by atoms with E-state index in [0.717, 1.165) is 40.7 Å². The number of aromatic nitrogens is 4. The van der Waals surface area contributed by atoms with E-state index in [0.29, 0.717) is 35.7 Å². The molecule has 3 aromatic heterocycles. The number of ether oxygens (including phenoxy) is 3. The normalized spacial score (nSPS) is 22.1. The van der Waals surface area contributed by atoms with Crippen LogP contribution in [0.4, 0.5) is 4.79 Å². The molecule has 2 amide bonds. The van der Waals surface area contributed by atoms with Gasteiger partial charge in [0.15, 0.2) is 5.82 Å². The monoisotopic (exact) mass is 640 g/mol. The SMILES string of the molecule is C=CC(=O)OC1CC2CN(C(=O)c3cc(OC)c4c(c3)nc(-c3cc5cccnc5n3CC3CC3)n4C)C1C2NC(=O)OC(C)(C)C. The van der Waals surface area contributed by atoms with Crippen molar-refractivity contribution in [3.05, 3.63) is 54.7 Å². The number of hydrogen-bond acceptors (Lipinski definition) is 8. The molecule has 4 atom stereocenters. The van der Waals surface area contributed by atoms with Crippen LogP contribution < -0.4 is 10.1 Å². The molecule has 2 bridgehead atoms. The maximum Gasteiger partial charge on any atom is 0.407 e. The number of likely N-dealkylation sites (tertiary alicyclic amines) is 1. The Balaban J connectivity index is 1.24. The van der Waals surface area contributed by atoms with E-state index >= 15 is 0 Å². The van der Waals surface area contributed by atoms with Crippen LogP contribution in [-0.2, 0) is 27.9 Å². The molecule has 1 aliphatic heterocycles. The second-order valence-corrected chi connectivity index (χ2v) is 13.8. The Hall–Kier alpha value is -4.87. The van der Waals surface area contributed by atoms with Gasteiger partial charge < -0.3 is 33.6 Å². The number of nitrogens with one attached hydrogen (secondary N) is 1. The van der Waals surface area contributed by atoms with E-state index in [2.05, 4.69) is 33.6 Å². The molecule has 1 saturated heterocycles. The summed E-state index contributed by atoms with van der Waals surface area (Å²) >= 11 is 0. The number of nitrogens with zero attached hydrogens (tertiary/aromatic N) is 5. The van der Waals surface area contributed by atoms with E-state index in [4.69, 9.17) is 19.2 Å². The number of carbonyl (C=O) groups excluding carboxylic acids is 3. The van der Waals surface area contributed by atoms with Crippen LogP contribution in [0.3, 0.4) is 0 Å². The lowest BCUT2D eigenvalue weighted by Crippen LogP contribution is -2.52. The van der Waals surface area contributed by atoms with Gasteiger partial charge in [-0.15, -0.1) is 0 Å². The van der Waals surface area contributed by atoms with Crippen molar-refractivity contribution in [2.45, 2.75) is 70.4 Å². The zero-order valence-electron chi connectivity index (χ0n) is 27.4. The van der Waals surface area contributed by atoms with Gasteiger partial charge in [0.25, 0.3) is 5.91 Å². The molecule has 3 fully saturated rings. The third kappa shape index (κ3) is 5.59. The van der Waals surface area contributed by atoms with Crippen molar-refractivity contribution in [3.8, 4) is 17.3 Å². The zero-order chi connectivity index (χ0) is 33.2. The summed E-state index contributed by atoms with van der Waals surface area (Å²) in [5.74, 6) is 0.904. The molecule has 4 aromatic rings. The van der Waals surface area contributed by atoms with Crippen LogP contribution in [-0.4, -0.2) is 79.4 Å². The lowest BCUT2D eigenvalue weighted by atomic mass is 10.1. The van der Waals surface area contributed by atoms with E-state index in [-0.39, 0.29) is 11.8 Å². The number of amides is 2. The molecule has 12 nitrogen and oxygen atoms in total. The average molecular weight is 641 g/mol. The van der Waals surface area contributed by atoms with Gasteiger partial charge in [-0.2, -0.15) is 0 Å². The summed E-state index contributed by atoms with van der Waals surface area (Å²) in [5.41, 5.74) is 2.96. The summed E-state index contributed by atoms with van der Waals surface area (Å²) in [4.78, 5) is 50.7. The van der Waals surface area contributed by atoms with Crippen molar-refractivity contribution in [2.24, 2.45) is 18.9 Å². The standard InChI is InChI=1S/C35H40N6O6/c1-7-27(42)46-26-16-22-18-41(30(26)28(22)38-34(44)47-35(2,3)4)33(43)21-13-23-29(25(15-21)45-6)39(5)32(37-23)24-14-20-9-8-12-36-31(20)40(24)17-19-10-11-19/h7-9,12-15,19,22,26,28,30H,1,10-11,16-18H2,2-6H3,(H,38,44). The van der Waals surface area contributed by atoms with Crippen LogP contribution in [0.2, 0.25) is 0 Å². The summed E-state index contributed by atoms with van der Waals surface area (Å²) in [7, 11) is 3.53. The minimum Gasteiger partial charge on any atom is -0.494 e. The van der Waals surface area contributed by atoms with Crippen LogP contribution in [0.5, 0.6) is 5.75 Å². The fourth-order valence-electron chi connectivity index (χ4n) is 7.23. The molecule has 1 N–H and O–H groups in total. The Bertz CT molecular complexity index is 1920. The van der Waals surface area contributed by atoms with Gasteiger partial charge in [-0.05, 0) is 76.3 Å². The first kappa shape index (κ1) is 30.8.